The molecule has 0 saturated carbocycles. The molecular formula is C14H19N3O2S2. The molecule has 0 atom stereocenters. The second-order valence-electron chi connectivity index (χ2n) is 4.93. The lowest BCUT2D eigenvalue weighted by Gasteiger charge is -2.20. The monoisotopic (exact) mass is 325 g/mol. The number of aryl methyl sites for hydroxylation is 2. The molecule has 2 aromatic rings. The Morgan fingerprint density at radius 1 is 1.29 bits per heavy atom. The number of thiazole rings is 1. The normalized spacial score (nSPS) is 11.9. The van der Waals surface area contributed by atoms with Crippen molar-refractivity contribution in [1.82, 2.24) is 9.29 Å². The summed E-state index contributed by atoms with van der Waals surface area (Å²) in [5.41, 5.74) is 4.85. The third-order valence-electron chi connectivity index (χ3n) is 3.29. The number of aromatic nitrogens is 1. The van der Waals surface area contributed by atoms with Crippen molar-refractivity contribution in [3.05, 3.63) is 39.8 Å². The lowest BCUT2D eigenvalue weighted by molar-refractivity contribution is 0.462. The highest BCUT2D eigenvalue weighted by atomic mass is 32.2. The van der Waals surface area contributed by atoms with Gasteiger partial charge in [0, 0.05) is 25.2 Å². The molecular weight excluding hydrogens is 306 g/mol. The Morgan fingerprint density at radius 2 is 1.90 bits per heavy atom. The molecule has 0 spiro atoms. The van der Waals surface area contributed by atoms with Crippen LogP contribution in [0.5, 0.6) is 0 Å². The van der Waals surface area contributed by atoms with Crippen LogP contribution in [-0.2, 0) is 16.6 Å². The average Bonchev–Trinajstić information content (AvgIpc) is 2.90. The van der Waals surface area contributed by atoms with Crippen molar-refractivity contribution in [2.75, 3.05) is 19.4 Å². The number of nitrogens with zero attached hydrogens (tertiary/aromatic N) is 2. The highest BCUT2D eigenvalue weighted by Gasteiger charge is 2.25. The van der Waals surface area contributed by atoms with Gasteiger partial charge in [0.15, 0.2) is 0 Å². The van der Waals surface area contributed by atoms with E-state index < -0.39 is 10.0 Å². The predicted molar refractivity (Wildman–Crippen MR) is 86.2 cm³/mol. The second kappa shape index (κ2) is 6.13. The molecule has 0 fully saturated rings. The van der Waals surface area contributed by atoms with Crippen LogP contribution >= 0.6 is 11.3 Å². The van der Waals surface area contributed by atoms with Gasteiger partial charge in [-0.15, -0.1) is 11.3 Å². The molecule has 2 rings (SSSR count). The summed E-state index contributed by atoms with van der Waals surface area (Å²) in [4.78, 5) is 4.51. The molecule has 1 aromatic heterocycles. The Morgan fingerprint density at radius 3 is 2.38 bits per heavy atom. The van der Waals surface area contributed by atoms with Crippen molar-refractivity contribution in [2.24, 2.45) is 0 Å². The van der Waals surface area contributed by atoms with Crippen molar-refractivity contribution >= 4 is 27.0 Å². The van der Waals surface area contributed by atoms with E-state index in [2.05, 4.69) is 10.3 Å². The fourth-order valence-corrected chi connectivity index (χ4v) is 4.38. The Bertz CT molecular complexity index is 702. The van der Waals surface area contributed by atoms with Gasteiger partial charge in [0.1, 0.15) is 0 Å². The van der Waals surface area contributed by atoms with Crippen molar-refractivity contribution in [2.45, 2.75) is 25.3 Å². The zero-order valence-electron chi connectivity index (χ0n) is 12.5. The lowest BCUT2D eigenvalue weighted by atomic mass is 10.1. The van der Waals surface area contributed by atoms with Crippen LogP contribution in [0.3, 0.4) is 0 Å². The highest BCUT2D eigenvalue weighted by Crippen LogP contribution is 2.27. The van der Waals surface area contributed by atoms with Gasteiger partial charge < -0.3 is 5.32 Å². The van der Waals surface area contributed by atoms with Gasteiger partial charge >= 0.3 is 0 Å². The zero-order valence-corrected chi connectivity index (χ0v) is 14.2. The van der Waals surface area contributed by atoms with E-state index in [0.717, 1.165) is 22.5 Å². The smallest absolute Gasteiger partial charge is 0.243 e. The first-order chi connectivity index (χ1) is 9.86. The first-order valence-corrected chi connectivity index (χ1v) is 8.87. The third kappa shape index (κ3) is 3.25. The molecule has 0 amide bonds. The quantitative estimate of drug-likeness (QED) is 0.918. The molecule has 0 radical (unpaired) electrons. The minimum Gasteiger partial charge on any atom is -0.388 e. The van der Waals surface area contributed by atoms with Crippen LogP contribution in [-0.4, -0.2) is 31.8 Å². The van der Waals surface area contributed by atoms with E-state index in [-0.39, 0.29) is 6.54 Å². The summed E-state index contributed by atoms with van der Waals surface area (Å²) in [6, 6.07) is 3.69. The van der Waals surface area contributed by atoms with Crippen LogP contribution in [0.1, 0.15) is 16.8 Å². The first kappa shape index (κ1) is 15.9. The van der Waals surface area contributed by atoms with E-state index in [1.807, 2.05) is 38.4 Å². The lowest BCUT2D eigenvalue weighted by Crippen LogP contribution is -2.28. The maximum absolute atomic E-state index is 12.8. The molecule has 114 valence electrons. The van der Waals surface area contributed by atoms with Gasteiger partial charge in [-0.05, 0) is 37.1 Å². The van der Waals surface area contributed by atoms with E-state index in [4.69, 9.17) is 0 Å². The summed E-state index contributed by atoms with van der Waals surface area (Å²) < 4.78 is 26.9. The fourth-order valence-electron chi connectivity index (χ4n) is 2.29. The van der Waals surface area contributed by atoms with Gasteiger partial charge in [-0.1, -0.05) is 0 Å². The average molecular weight is 325 g/mol. The fraction of sp³-hybridized carbons (Fsp3) is 0.357. The van der Waals surface area contributed by atoms with Gasteiger partial charge in [-0.2, -0.15) is 4.31 Å². The minimum absolute atomic E-state index is 0.276. The summed E-state index contributed by atoms with van der Waals surface area (Å²) >= 11 is 1.46. The van der Waals surface area contributed by atoms with Crippen molar-refractivity contribution in [1.29, 1.82) is 0 Å². The van der Waals surface area contributed by atoms with Gasteiger partial charge in [-0.3, -0.25) is 0 Å². The van der Waals surface area contributed by atoms with E-state index in [9.17, 15) is 8.42 Å². The standard InChI is InChI=1S/C14H19N3O2S2/c1-10-5-12(15-3)6-11(2)14(10)21(18,19)17(4)7-13-8-20-9-16-13/h5-6,8-9,15H,7H2,1-4H3. The van der Waals surface area contributed by atoms with E-state index in [0.29, 0.717) is 4.90 Å². The Labute approximate surface area is 129 Å². The second-order valence-corrected chi connectivity index (χ2v) is 7.63. The SMILES string of the molecule is CNc1cc(C)c(S(=O)(=O)N(C)Cc2cscn2)c(C)c1. The number of nitrogens with one attached hydrogen (secondary N) is 1. The number of hydrogen-bond donors (Lipinski definition) is 1. The van der Waals surface area contributed by atoms with E-state index in [1.54, 1.807) is 12.6 Å². The third-order valence-corrected chi connectivity index (χ3v) is 6.03. The van der Waals surface area contributed by atoms with Crippen molar-refractivity contribution in [3.8, 4) is 0 Å². The van der Waals surface area contributed by atoms with Gasteiger partial charge in [0.05, 0.1) is 22.6 Å². The molecule has 0 aliphatic carbocycles. The summed E-state index contributed by atoms with van der Waals surface area (Å²) in [5, 5.41) is 4.89. The summed E-state index contributed by atoms with van der Waals surface area (Å²) in [5.74, 6) is 0. The van der Waals surface area contributed by atoms with E-state index in [1.165, 1.54) is 15.6 Å². The van der Waals surface area contributed by atoms with Gasteiger partial charge in [0.2, 0.25) is 10.0 Å². The highest BCUT2D eigenvalue weighted by molar-refractivity contribution is 7.89. The molecule has 1 N–H and O–H groups in total. The number of benzene rings is 1. The Hall–Kier alpha value is -1.44. The summed E-state index contributed by atoms with van der Waals surface area (Å²) in [6.45, 7) is 3.91. The maximum atomic E-state index is 12.8. The van der Waals surface area contributed by atoms with Crippen LogP contribution < -0.4 is 5.32 Å². The van der Waals surface area contributed by atoms with Gasteiger partial charge in [0.25, 0.3) is 0 Å². The van der Waals surface area contributed by atoms with Crippen LogP contribution in [0.2, 0.25) is 0 Å². The Balaban J connectivity index is 2.39. The number of anilines is 1. The number of sulfonamides is 1. The van der Waals surface area contributed by atoms with Crippen molar-refractivity contribution in [3.63, 3.8) is 0 Å². The molecule has 0 aliphatic heterocycles. The molecule has 21 heavy (non-hydrogen) atoms. The molecule has 1 heterocycles. The maximum Gasteiger partial charge on any atom is 0.243 e. The van der Waals surface area contributed by atoms with Crippen LogP contribution in [0.25, 0.3) is 0 Å². The molecule has 0 unspecified atom stereocenters. The first-order valence-electron chi connectivity index (χ1n) is 6.48. The van der Waals surface area contributed by atoms with Crippen LogP contribution in [0, 0.1) is 13.8 Å². The number of hydrogen-bond acceptors (Lipinski definition) is 5. The van der Waals surface area contributed by atoms with Crippen molar-refractivity contribution < 1.29 is 8.42 Å². The Kier molecular flexibility index (Phi) is 4.65. The number of rotatable bonds is 5. The molecule has 7 heteroatoms. The molecule has 1 aromatic carbocycles. The topological polar surface area (TPSA) is 62.3 Å². The van der Waals surface area contributed by atoms with Crippen LogP contribution in [0.4, 0.5) is 5.69 Å². The molecule has 0 saturated heterocycles. The predicted octanol–water partition coefficient (Wildman–Crippen LogP) is 2.62. The zero-order chi connectivity index (χ0) is 15.6. The largest absolute Gasteiger partial charge is 0.388 e. The summed E-state index contributed by atoms with van der Waals surface area (Å²) in [7, 11) is -0.132. The summed E-state index contributed by atoms with van der Waals surface area (Å²) in [6.07, 6.45) is 0. The van der Waals surface area contributed by atoms with E-state index >= 15 is 0 Å². The molecule has 0 bridgehead atoms. The van der Waals surface area contributed by atoms with Crippen LogP contribution in [0.15, 0.2) is 27.9 Å². The minimum atomic E-state index is -3.53. The van der Waals surface area contributed by atoms with Gasteiger partial charge in [-0.25, -0.2) is 13.4 Å². The molecule has 5 nitrogen and oxygen atoms in total. The molecule has 0 aliphatic rings.